The summed E-state index contributed by atoms with van der Waals surface area (Å²) >= 11 is 0. The fourth-order valence-electron chi connectivity index (χ4n) is 0.669. The monoisotopic (exact) mass is 140 g/mol. The first-order valence-corrected chi connectivity index (χ1v) is 3.39. The Labute approximate surface area is 60.4 Å². The number of rotatable bonds is 0. The van der Waals surface area contributed by atoms with Gasteiger partial charge in [0.25, 0.3) is 0 Å². The maximum Gasteiger partial charge on any atom is 0.0902 e. The summed E-state index contributed by atoms with van der Waals surface area (Å²) in [7, 11) is 0. The van der Waals surface area contributed by atoms with Crippen molar-refractivity contribution in [2.24, 2.45) is 0 Å². The zero-order valence-corrected chi connectivity index (χ0v) is 5.84. The minimum Gasteiger partial charge on any atom is -0.473 e. The molecule has 1 aromatic rings. The van der Waals surface area contributed by atoms with E-state index in [2.05, 4.69) is 15.1 Å². The van der Waals surface area contributed by atoms with Gasteiger partial charge in [0.05, 0.1) is 12.5 Å². The highest BCUT2D eigenvalue weighted by Crippen LogP contribution is 1.79. The fourth-order valence-corrected chi connectivity index (χ4v) is 0.669. The molecule has 0 radical (unpaired) electrons. The van der Waals surface area contributed by atoms with E-state index in [-0.39, 0.29) is 0 Å². The molecule has 0 aromatic carbocycles. The molecule has 1 fully saturated rings. The van der Waals surface area contributed by atoms with Gasteiger partial charge in [-0.15, -0.1) is 0 Å². The predicted octanol–water partition coefficient (Wildman–Crippen LogP) is 0.416. The van der Waals surface area contributed by atoms with Crippen LogP contribution < -0.4 is 10.6 Å². The van der Waals surface area contributed by atoms with Crippen LogP contribution in [0.25, 0.3) is 0 Å². The van der Waals surface area contributed by atoms with Crippen molar-refractivity contribution in [3.05, 3.63) is 24.7 Å². The minimum absolute atomic E-state index is 1.00. The molecule has 2 N–H and O–H groups in total. The molecule has 0 saturated carbocycles. The number of hydrogen-bond acceptors (Lipinski definition) is 3. The Morgan fingerprint density at radius 2 is 1.60 bits per heavy atom. The third kappa shape index (κ3) is 3.27. The van der Waals surface area contributed by atoms with E-state index in [0.717, 1.165) is 19.8 Å². The molecule has 1 aliphatic rings. The average molecular weight is 140 g/mol. The lowest BCUT2D eigenvalue weighted by Crippen LogP contribution is -2.11. The highest BCUT2D eigenvalue weighted by atomic mass is 16.3. The topological polar surface area (TPSA) is 37.2 Å². The molecule has 10 heavy (non-hydrogen) atoms. The van der Waals surface area contributed by atoms with Gasteiger partial charge in [-0.1, -0.05) is 0 Å². The largest absolute Gasteiger partial charge is 0.473 e. The van der Waals surface area contributed by atoms with E-state index in [9.17, 15) is 0 Å². The second-order valence-corrected chi connectivity index (χ2v) is 1.97. The molecule has 2 rings (SSSR count). The van der Waals surface area contributed by atoms with Crippen LogP contribution in [0.3, 0.4) is 0 Å². The van der Waals surface area contributed by atoms with E-state index in [0.29, 0.717) is 0 Å². The predicted molar refractivity (Wildman–Crippen MR) is 39.6 cm³/mol. The molecular weight excluding hydrogens is 128 g/mol. The summed E-state index contributed by atoms with van der Waals surface area (Å²) in [6, 6.07) is 3.67. The number of hydrogen-bond donors (Lipinski definition) is 2. The summed E-state index contributed by atoms with van der Waals surface area (Å²) in [5.74, 6) is 0. The first-order valence-electron chi connectivity index (χ1n) is 3.39. The maximum absolute atomic E-state index is 4.58. The Kier molecular flexibility index (Phi) is 3.67. The molecule has 0 amide bonds. The van der Waals surface area contributed by atoms with Gasteiger partial charge in [-0.2, -0.15) is 0 Å². The van der Waals surface area contributed by atoms with Crippen LogP contribution in [-0.4, -0.2) is 19.8 Å². The smallest absolute Gasteiger partial charge is 0.0902 e. The molecule has 3 heteroatoms. The first-order chi connectivity index (χ1) is 5.00. The van der Waals surface area contributed by atoms with Crippen LogP contribution in [0.4, 0.5) is 0 Å². The molecule has 56 valence electrons. The third-order valence-corrected chi connectivity index (χ3v) is 1.15. The van der Waals surface area contributed by atoms with E-state index < -0.39 is 0 Å². The molecule has 1 saturated heterocycles. The van der Waals surface area contributed by atoms with Crippen LogP contribution in [0.1, 0.15) is 0 Å². The van der Waals surface area contributed by atoms with E-state index in [1.807, 2.05) is 12.1 Å². The van der Waals surface area contributed by atoms with Gasteiger partial charge in [-0.25, -0.2) is 0 Å². The lowest BCUT2D eigenvalue weighted by molar-refractivity contribution is 0.567. The van der Waals surface area contributed by atoms with Gasteiger partial charge in [0.2, 0.25) is 0 Å². The quantitative estimate of drug-likeness (QED) is 0.548. The molecule has 0 aliphatic carbocycles. The van der Waals surface area contributed by atoms with Crippen LogP contribution in [0.5, 0.6) is 0 Å². The molecular formula is C7H12N2O. The standard InChI is InChI=1S/C4H4O.C3H8N2/c1-2-4-5-3-1;1-2-5-3-4-1/h1-4H;4-5H,1-3H2. The van der Waals surface area contributed by atoms with Crippen molar-refractivity contribution in [2.45, 2.75) is 0 Å². The summed E-state index contributed by atoms with van der Waals surface area (Å²) in [5, 5.41) is 6.22. The fraction of sp³-hybridized carbons (Fsp3) is 0.429. The van der Waals surface area contributed by atoms with Gasteiger partial charge in [-0.3, -0.25) is 0 Å². The Bertz CT molecular complexity index is 110. The van der Waals surface area contributed by atoms with Gasteiger partial charge in [-0.05, 0) is 12.1 Å². The zero-order valence-electron chi connectivity index (χ0n) is 5.84. The van der Waals surface area contributed by atoms with E-state index >= 15 is 0 Å². The normalized spacial score (nSPS) is 16.0. The maximum atomic E-state index is 4.58. The van der Waals surface area contributed by atoms with E-state index in [1.165, 1.54) is 0 Å². The average Bonchev–Trinajstić information content (AvgIpc) is 2.67. The van der Waals surface area contributed by atoms with Crippen molar-refractivity contribution in [3.63, 3.8) is 0 Å². The van der Waals surface area contributed by atoms with Gasteiger partial charge < -0.3 is 15.1 Å². The van der Waals surface area contributed by atoms with Crippen molar-refractivity contribution in [1.29, 1.82) is 0 Å². The lowest BCUT2D eigenvalue weighted by Gasteiger charge is -1.77. The molecule has 0 atom stereocenters. The number of nitrogens with one attached hydrogen (secondary N) is 2. The molecule has 1 aliphatic heterocycles. The van der Waals surface area contributed by atoms with Crippen LogP contribution in [0, 0.1) is 0 Å². The Hall–Kier alpha value is -0.800. The molecule has 0 unspecified atom stereocenters. The van der Waals surface area contributed by atoms with Gasteiger partial charge >= 0.3 is 0 Å². The summed E-state index contributed by atoms with van der Waals surface area (Å²) in [4.78, 5) is 0. The molecule has 1 aromatic heterocycles. The SMILES string of the molecule is C1CNCN1.c1ccoc1. The molecule has 3 nitrogen and oxygen atoms in total. The van der Waals surface area contributed by atoms with Crippen LogP contribution in [0.2, 0.25) is 0 Å². The highest BCUT2D eigenvalue weighted by molar-refractivity contribution is 4.79. The Morgan fingerprint density at radius 3 is 1.80 bits per heavy atom. The molecule has 2 heterocycles. The van der Waals surface area contributed by atoms with Gasteiger partial charge in [0, 0.05) is 19.8 Å². The van der Waals surface area contributed by atoms with Crippen molar-refractivity contribution in [3.8, 4) is 0 Å². The van der Waals surface area contributed by atoms with E-state index in [4.69, 9.17) is 0 Å². The zero-order chi connectivity index (χ0) is 7.07. The van der Waals surface area contributed by atoms with Crippen LogP contribution >= 0.6 is 0 Å². The van der Waals surface area contributed by atoms with Gasteiger partial charge in [0.1, 0.15) is 0 Å². The van der Waals surface area contributed by atoms with Crippen molar-refractivity contribution in [2.75, 3.05) is 19.8 Å². The Balaban J connectivity index is 0.0000001000. The van der Waals surface area contributed by atoms with Crippen molar-refractivity contribution in [1.82, 2.24) is 10.6 Å². The van der Waals surface area contributed by atoms with Crippen molar-refractivity contribution < 1.29 is 4.42 Å². The second kappa shape index (κ2) is 5.02. The summed E-state index contributed by atoms with van der Waals surface area (Å²) in [6.45, 7) is 3.28. The van der Waals surface area contributed by atoms with Crippen LogP contribution in [0.15, 0.2) is 29.1 Å². The molecule has 0 spiro atoms. The Morgan fingerprint density at radius 1 is 1.00 bits per heavy atom. The van der Waals surface area contributed by atoms with E-state index in [1.54, 1.807) is 12.5 Å². The second-order valence-electron chi connectivity index (χ2n) is 1.97. The third-order valence-electron chi connectivity index (χ3n) is 1.15. The minimum atomic E-state index is 1.00. The highest BCUT2D eigenvalue weighted by Gasteiger charge is 1.90. The van der Waals surface area contributed by atoms with Crippen LogP contribution in [-0.2, 0) is 0 Å². The summed E-state index contributed by atoms with van der Waals surface area (Å²) in [5.41, 5.74) is 0. The summed E-state index contributed by atoms with van der Waals surface area (Å²) in [6.07, 6.45) is 3.25. The summed E-state index contributed by atoms with van der Waals surface area (Å²) < 4.78 is 4.58. The molecule has 0 bridgehead atoms. The first kappa shape index (κ1) is 7.31. The lowest BCUT2D eigenvalue weighted by atomic mass is 10.7. The number of furan rings is 1. The van der Waals surface area contributed by atoms with Crippen molar-refractivity contribution >= 4 is 0 Å². The van der Waals surface area contributed by atoms with Gasteiger partial charge in [0.15, 0.2) is 0 Å².